The second-order valence-electron chi connectivity index (χ2n) is 4.72. The molecule has 4 heteroatoms. The molecule has 2 aromatic rings. The van der Waals surface area contributed by atoms with Crippen molar-refractivity contribution < 1.29 is 4.79 Å². The Labute approximate surface area is 113 Å². The maximum absolute atomic E-state index is 11.8. The molecule has 0 fully saturated rings. The minimum Gasteiger partial charge on any atom is -0.353 e. The Morgan fingerprint density at radius 2 is 2.00 bits per heavy atom. The zero-order valence-electron chi connectivity index (χ0n) is 11.5. The number of anilines is 1. The number of aromatic nitrogens is 1. The summed E-state index contributed by atoms with van der Waals surface area (Å²) in [6, 6.07) is 9.63. The lowest BCUT2D eigenvalue weighted by Gasteiger charge is -2.09. The van der Waals surface area contributed by atoms with Crippen molar-refractivity contribution in [2.24, 2.45) is 7.05 Å². The van der Waals surface area contributed by atoms with Gasteiger partial charge in [0.2, 0.25) is 0 Å². The van der Waals surface area contributed by atoms with Crippen molar-refractivity contribution in [3.63, 3.8) is 0 Å². The minimum absolute atomic E-state index is 0.190. The number of hydrogen-bond donors (Lipinski definition) is 2. The van der Waals surface area contributed by atoms with E-state index in [1.165, 1.54) is 11.1 Å². The van der Waals surface area contributed by atoms with Gasteiger partial charge in [-0.2, -0.15) is 0 Å². The van der Waals surface area contributed by atoms with Gasteiger partial charge in [0.15, 0.2) is 0 Å². The summed E-state index contributed by atoms with van der Waals surface area (Å²) in [5.74, 6) is 0. The average Bonchev–Trinajstić information content (AvgIpc) is 2.77. The molecule has 2 N–H and O–H groups in total. The molecule has 0 bridgehead atoms. The van der Waals surface area contributed by atoms with E-state index in [-0.39, 0.29) is 6.03 Å². The van der Waals surface area contributed by atoms with Gasteiger partial charge in [-0.1, -0.05) is 6.07 Å². The zero-order chi connectivity index (χ0) is 13.8. The van der Waals surface area contributed by atoms with Crippen LogP contribution in [-0.2, 0) is 13.6 Å². The molecule has 2 rings (SSSR count). The summed E-state index contributed by atoms with van der Waals surface area (Å²) in [4.78, 5) is 11.8. The van der Waals surface area contributed by atoms with Crippen LogP contribution in [0.3, 0.4) is 0 Å². The number of hydrogen-bond acceptors (Lipinski definition) is 1. The molecule has 0 aliphatic heterocycles. The molecule has 0 unspecified atom stereocenters. The highest BCUT2D eigenvalue weighted by Gasteiger charge is 2.04. The molecule has 0 atom stereocenters. The highest BCUT2D eigenvalue weighted by atomic mass is 16.2. The number of carbonyl (C=O) groups is 1. The molecule has 0 aliphatic carbocycles. The summed E-state index contributed by atoms with van der Waals surface area (Å²) < 4.78 is 1.98. The molecule has 0 aliphatic rings. The van der Waals surface area contributed by atoms with E-state index in [0.29, 0.717) is 6.54 Å². The highest BCUT2D eigenvalue weighted by Crippen LogP contribution is 2.13. The van der Waals surface area contributed by atoms with Gasteiger partial charge in [0, 0.05) is 24.6 Å². The topological polar surface area (TPSA) is 46.1 Å². The van der Waals surface area contributed by atoms with Gasteiger partial charge in [-0.25, -0.2) is 4.79 Å². The first-order valence-corrected chi connectivity index (χ1v) is 6.28. The summed E-state index contributed by atoms with van der Waals surface area (Å²) in [6.07, 6.45) is 1.96. The molecular weight excluding hydrogens is 238 g/mol. The molecule has 0 saturated heterocycles. The van der Waals surface area contributed by atoms with Crippen molar-refractivity contribution in [2.45, 2.75) is 20.4 Å². The molecular formula is C15H19N3O. The third-order valence-electron chi connectivity index (χ3n) is 3.25. The van der Waals surface area contributed by atoms with Crippen molar-refractivity contribution in [3.05, 3.63) is 53.3 Å². The van der Waals surface area contributed by atoms with Gasteiger partial charge in [-0.15, -0.1) is 0 Å². The van der Waals surface area contributed by atoms with Crippen LogP contribution in [0.25, 0.3) is 0 Å². The SMILES string of the molecule is Cc1ccc(NC(=O)NCc2cccn2C)cc1C. The van der Waals surface area contributed by atoms with Crippen LogP contribution in [-0.4, -0.2) is 10.6 Å². The lowest BCUT2D eigenvalue weighted by molar-refractivity contribution is 0.251. The van der Waals surface area contributed by atoms with Crippen LogP contribution in [0.15, 0.2) is 36.5 Å². The van der Waals surface area contributed by atoms with Crippen molar-refractivity contribution in [1.29, 1.82) is 0 Å². The second kappa shape index (κ2) is 5.61. The van der Waals surface area contributed by atoms with Gasteiger partial charge < -0.3 is 15.2 Å². The normalized spacial score (nSPS) is 10.3. The number of carbonyl (C=O) groups excluding carboxylic acids is 1. The van der Waals surface area contributed by atoms with Crippen molar-refractivity contribution in [2.75, 3.05) is 5.32 Å². The fourth-order valence-electron chi connectivity index (χ4n) is 1.85. The smallest absolute Gasteiger partial charge is 0.319 e. The van der Waals surface area contributed by atoms with Crippen LogP contribution >= 0.6 is 0 Å². The summed E-state index contributed by atoms with van der Waals surface area (Å²) >= 11 is 0. The summed E-state index contributed by atoms with van der Waals surface area (Å²) in [6.45, 7) is 4.59. The van der Waals surface area contributed by atoms with Gasteiger partial charge in [0.05, 0.1) is 6.54 Å². The van der Waals surface area contributed by atoms with Gasteiger partial charge in [0.1, 0.15) is 0 Å². The Kier molecular flexibility index (Phi) is 3.90. The van der Waals surface area contributed by atoms with Crippen LogP contribution in [0.2, 0.25) is 0 Å². The first-order valence-electron chi connectivity index (χ1n) is 6.28. The number of rotatable bonds is 3. The third-order valence-corrected chi connectivity index (χ3v) is 3.25. The first-order chi connectivity index (χ1) is 9.06. The quantitative estimate of drug-likeness (QED) is 0.872. The van der Waals surface area contributed by atoms with E-state index < -0.39 is 0 Å². The predicted octanol–water partition coefficient (Wildman–Crippen LogP) is 2.96. The van der Waals surface area contributed by atoms with Gasteiger partial charge in [-0.05, 0) is 49.2 Å². The van der Waals surface area contributed by atoms with Crippen molar-refractivity contribution >= 4 is 11.7 Å². The Morgan fingerprint density at radius 3 is 2.63 bits per heavy atom. The van der Waals surface area contributed by atoms with E-state index in [9.17, 15) is 4.79 Å². The summed E-state index contributed by atoms with van der Waals surface area (Å²) in [7, 11) is 1.96. The predicted molar refractivity (Wildman–Crippen MR) is 77.2 cm³/mol. The molecule has 1 heterocycles. The van der Waals surface area contributed by atoms with Crippen LogP contribution in [0.1, 0.15) is 16.8 Å². The third kappa shape index (κ3) is 3.37. The Morgan fingerprint density at radius 1 is 1.21 bits per heavy atom. The number of aryl methyl sites for hydroxylation is 3. The van der Waals surface area contributed by atoms with Crippen molar-refractivity contribution in [1.82, 2.24) is 9.88 Å². The minimum atomic E-state index is -0.190. The van der Waals surface area contributed by atoms with Gasteiger partial charge in [0.25, 0.3) is 0 Å². The van der Waals surface area contributed by atoms with Crippen LogP contribution < -0.4 is 10.6 Å². The fraction of sp³-hybridized carbons (Fsp3) is 0.267. The average molecular weight is 257 g/mol. The zero-order valence-corrected chi connectivity index (χ0v) is 11.5. The Hall–Kier alpha value is -2.23. The molecule has 1 aromatic heterocycles. The summed E-state index contributed by atoms with van der Waals surface area (Å²) in [5, 5.41) is 5.67. The molecule has 19 heavy (non-hydrogen) atoms. The van der Waals surface area contributed by atoms with E-state index in [1.54, 1.807) is 0 Å². The van der Waals surface area contributed by atoms with Crippen LogP contribution in [0.5, 0.6) is 0 Å². The Bertz CT molecular complexity index is 587. The number of amides is 2. The van der Waals surface area contributed by atoms with E-state index in [0.717, 1.165) is 11.4 Å². The lowest BCUT2D eigenvalue weighted by atomic mass is 10.1. The first kappa shape index (κ1) is 13.2. The maximum atomic E-state index is 11.8. The summed E-state index contributed by atoms with van der Waals surface area (Å²) in [5.41, 5.74) is 4.26. The molecule has 0 radical (unpaired) electrons. The largest absolute Gasteiger partial charge is 0.353 e. The second-order valence-corrected chi connectivity index (χ2v) is 4.72. The number of urea groups is 1. The van der Waals surface area contributed by atoms with Gasteiger partial charge in [-0.3, -0.25) is 0 Å². The van der Waals surface area contributed by atoms with E-state index in [1.807, 2.05) is 55.1 Å². The van der Waals surface area contributed by atoms with Crippen LogP contribution in [0.4, 0.5) is 10.5 Å². The van der Waals surface area contributed by atoms with Crippen LogP contribution in [0, 0.1) is 13.8 Å². The molecule has 100 valence electrons. The number of nitrogens with zero attached hydrogens (tertiary/aromatic N) is 1. The van der Waals surface area contributed by atoms with E-state index in [4.69, 9.17) is 0 Å². The monoisotopic (exact) mass is 257 g/mol. The molecule has 0 saturated carbocycles. The number of nitrogens with one attached hydrogen (secondary N) is 2. The molecule has 1 aromatic carbocycles. The molecule has 0 spiro atoms. The molecule has 4 nitrogen and oxygen atoms in total. The van der Waals surface area contributed by atoms with E-state index >= 15 is 0 Å². The highest BCUT2D eigenvalue weighted by molar-refractivity contribution is 5.89. The van der Waals surface area contributed by atoms with E-state index in [2.05, 4.69) is 17.6 Å². The molecule has 2 amide bonds. The Balaban J connectivity index is 1.91. The standard InChI is InChI=1S/C15H19N3O/c1-11-6-7-13(9-12(11)2)17-15(19)16-10-14-5-4-8-18(14)3/h4-9H,10H2,1-3H3,(H2,16,17,19). The van der Waals surface area contributed by atoms with Gasteiger partial charge >= 0.3 is 6.03 Å². The lowest BCUT2D eigenvalue weighted by Crippen LogP contribution is -2.28. The van der Waals surface area contributed by atoms with Crippen molar-refractivity contribution in [3.8, 4) is 0 Å². The maximum Gasteiger partial charge on any atom is 0.319 e. The fourth-order valence-corrected chi connectivity index (χ4v) is 1.85. The number of benzene rings is 1.